The number of rotatable bonds is 7. The lowest BCUT2D eigenvalue weighted by molar-refractivity contribution is -0.117. The van der Waals surface area contributed by atoms with E-state index in [0.717, 1.165) is 25.9 Å². The number of nitrogens with zero attached hydrogens (tertiary/aromatic N) is 2. The largest absolute Gasteiger partial charge is 0.378 e. The summed E-state index contributed by atoms with van der Waals surface area (Å²) in [5.74, 6) is 1.25. The number of nitrogens with one attached hydrogen (secondary N) is 1. The van der Waals surface area contributed by atoms with Gasteiger partial charge in [0.15, 0.2) is 5.82 Å². The topological polar surface area (TPSA) is 77.2 Å². The van der Waals surface area contributed by atoms with E-state index in [9.17, 15) is 4.79 Å². The Balaban J connectivity index is 2.02. The molecule has 0 aromatic carbocycles. The highest BCUT2D eigenvalue weighted by molar-refractivity contribution is 5.87. The predicted octanol–water partition coefficient (Wildman–Crippen LogP) is 2.18. The molecule has 1 fully saturated rings. The van der Waals surface area contributed by atoms with Gasteiger partial charge in [0.05, 0.1) is 6.10 Å². The van der Waals surface area contributed by atoms with Crippen LogP contribution >= 0.6 is 0 Å². The molecule has 116 valence electrons. The van der Waals surface area contributed by atoms with Crippen molar-refractivity contribution >= 4 is 5.91 Å². The van der Waals surface area contributed by atoms with E-state index in [4.69, 9.17) is 9.26 Å². The summed E-state index contributed by atoms with van der Waals surface area (Å²) < 4.78 is 10.9. The molecule has 6 nitrogen and oxygen atoms in total. The highest BCUT2D eigenvalue weighted by atomic mass is 16.5. The second-order valence-corrected chi connectivity index (χ2v) is 5.78. The molecule has 0 spiro atoms. The molecule has 1 aromatic rings. The Morgan fingerprint density at radius 2 is 2.38 bits per heavy atom. The van der Waals surface area contributed by atoms with Crippen LogP contribution in [-0.2, 0) is 16.0 Å². The van der Waals surface area contributed by atoms with Crippen LogP contribution in [0.25, 0.3) is 0 Å². The highest BCUT2D eigenvalue weighted by Gasteiger charge is 2.24. The number of carbonyl (C=O) groups excluding carboxylic acids is 1. The zero-order valence-corrected chi connectivity index (χ0v) is 12.7. The standard InChI is InChI=1S/C15H23N3O3/c1-4-14(19)16-12(8-10(2)3)15-17-13(18-21-15)9-11-6-5-7-20-11/h4,10-12H,1,5-9H2,2-3H3,(H,16,19). The van der Waals surface area contributed by atoms with E-state index in [2.05, 4.69) is 35.9 Å². The fourth-order valence-electron chi connectivity index (χ4n) is 2.42. The van der Waals surface area contributed by atoms with Gasteiger partial charge in [-0.05, 0) is 31.3 Å². The number of amides is 1. The zero-order chi connectivity index (χ0) is 15.2. The predicted molar refractivity (Wildman–Crippen MR) is 77.5 cm³/mol. The summed E-state index contributed by atoms with van der Waals surface area (Å²) >= 11 is 0. The minimum Gasteiger partial charge on any atom is -0.378 e. The summed E-state index contributed by atoms with van der Waals surface area (Å²) in [5.41, 5.74) is 0. The summed E-state index contributed by atoms with van der Waals surface area (Å²) in [4.78, 5) is 15.9. The van der Waals surface area contributed by atoms with Crippen molar-refractivity contribution in [2.45, 2.75) is 51.7 Å². The lowest BCUT2D eigenvalue weighted by Crippen LogP contribution is -2.28. The molecular weight excluding hydrogens is 270 g/mol. The summed E-state index contributed by atoms with van der Waals surface area (Å²) in [7, 11) is 0. The van der Waals surface area contributed by atoms with E-state index < -0.39 is 0 Å². The van der Waals surface area contributed by atoms with Crippen molar-refractivity contribution in [2.24, 2.45) is 5.92 Å². The maximum Gasteiger partial charge on any atom is 0.249 e. The van der Waals surface area contributed by atoms with Crippen LogP contribution in [0.15, 0.2) is 17.2 Å². The first-order valence-corrected chi connectivity index (χ1v) is 7.45. The molecule has 2 heterocycles. The van der Waals surface area contributed by atoms with Crippen LogP contribution in [-0.4, -0.2) is 28.8 Å². The normalized spacial score (nSPS) is 19.7. The Morgan fingerprint density at radius 1 is 1.57 bits per heavy atom. The molecule has 2 atom stereocenters. The van der Waals surface area contributed by atoms with E-state index in [1.54, 1.807) is 0 Å². The monoisotopic (exact) mass is 293 g/mol. The number of aromatic nitrogens is 2. The fourth-order valence-corrected chi connectivity index (χ4v) is 2.42. The maximum atomic E-state index is 11.5. The van der Waals surface area contributed by atoms with Crippen LogP contribution in [0.4, 0.5) is 0 Å². The lowest BCUT2D eigenvalue weighted by Gasteiger charge is -2.15. The van der Waals surface area contributed by atoms with Gasteiger partial charge >= 0.3 is 0 Å². The van der Waals surface area contributed by atoms with Gasteiger partial charge in [-0.25, -0.2) is 0 Å². The molecular formula is C15H23N3O3. The van der Waals surface area contributed by atoms with Crippen LogP contribution in [0.1, 0.15) is 50.9 Å². The molecule has 1 aliphatic rings. The van der Waals surface area contributed by atoms with Gasteiger partial charge < -0.3 is 14.6 Å². The molecule has 1 aliphatic heterocycles. The maximum absolute atomic E-state index is 11.5. The number of hydrogen-bond acceptors (Lipinski definition) is 5. The van der Waals surface area contributed by atoms with Gasteiger partial charge in [-0.3, -0.25) is 4.79 Å². The molecule has 0 bridgehead atoms. The summed E-state index contributed by atoms with van der Waals surface area (Å²) in [5, 5.41) is 6.83. The van der Waals surface area contributed by atoms with Crippen molar-refractivity contribution in [3.8, 4) is 0 Å². The molecule has 1 saturated heterocycles. The quantitative estimate of drug-likeness (QED) is 0.780. The Labute approximate surface area is 124 Å². The van der Waals surface area contributed by atoms with Crippen molar-refractivity contribution < 1.29 is 14.1 Å². The second kappa shape index (κ2) is 7.36. The van der Waals surface area contributed by atoms with Gasteiger partial charge in [0, 0.05) is 13.0 Å². The highest BCUT2D eigenvalue weighted by Crippen LogP contribution is 2.21. The van der Waals surface area contributed by atoms with E-state index in [0.29, 0.717) is 24.1 Å². The third-order valence-corrected chi connectivity index (χ3v) is 3.43. The van der Waals surface area contributed by atoms with Crippen molar-refractivity contribution in [1.29, 1.82) is 0 Å². The third kappa shape index (κ3) is 4.67. The van der Waals surface area contributed by atoms with Gasteiger partial charge in [0.2, 0.25) is 11.8 Å². The molecule has 2 rings (SSSR count). The van der Waals surface area contributed by atoms with Crippen LogP contribution in [0.3, 0.4) is 0 Å². The van der Waals surface area contributed by atoms with Crippen molar-refractivity contribution in [1.82, 2.24) is 15.5 Å². The summed E-state index contributed by atoms with van der Waals surface area (Å²) in [6, 6.07) is -0.277. The molecule has 1 amide bonds. The van der Waals surface area contributed by atoms with Crippen LogP contribution in [0, 0.1) is 5.92 Å². The average Bonchev–Trinajstić information content (AvgIpc) is 3.09. The molecule has 2 unspecified atom stereocenters. The second-order valence-electron chi connectivity index (χ2n) is 5.78. The Hall–Kier alpha value is -1.69. The Morgan fingerprint density at radius 3 is 3.00 bits per heavy atom. The molecule has 21 heavy (non-hydrogen) atoms. The average molecular weight is 293 g/mol. The Kier molecular flexibility index (Phi) is 5.50. The van der Waals surface area contributed by atoms with Gasteiger partial charge in [0.1, 0.15) is 6.04 Å². The summed E-state index contributed by atoms with van der Waals surface area (Å²) in [6.45, 7) is 8.43. The molecule has 1 N–H and O–H groups in total. The number of hydrogen-bond donors (Lipinski definition) is 1. The Bertz CT molecular complexity index is 478. The third-order valence-electron chi connectivity index (χ3n) is 3.43. The fraction of sp³-hybridized carbons (Fsp3) is 0.667. The first-order chi connectivity index (χ1) is 10.1. The van der Waals surface area contributed by atoms with Gasteiger partial charge in [-0.1, -0.05) is 25.6 Å². The van der Waals surface area contributed by atoms with Crippen molar-refractivity contribution in [3.05, 3.63) is 24.4 Å². The van der Waals surface area contributed by atoms with Crippen LogP contribution in [0.5, 0.6) is 0 Å². The number of carbonyl (C=O) groups is 1. The first-order valence-electron chi connectivity index (χ1n) is 7.45. The first kappa shape index (κ1) is 15.7. The minimum atomic E-state index is -0.277. The van der Waals surface area contributed by atoms with Crippen molar-refractivity contribution in [2.75, 3.05) is 6.61 Å². The SMILES string of the molecule is C=CC(=O)NC(CC(C)C)c1nc(CC2CCCO2)no1. The molecule has 0 saturated carbocycles. The zero-order valence-electron chi connectivity index (χ0n) is 12.7. The van der Waals surface area contributed by atoms with Gasteiger partial charge in [-0.15, -0.1) is 0 Å². The smallest absolute Gasteiger partial charge is 0.249 e. The molecule has 0 radical (unpaired) electrons. The minimum absolute atomic E-state index is 0.182. The molecule has 6 heteroatoms. The van der Waals surface area contributed by atoms with Crippen molar-refractivity contribution in [3.63, 3.8) is 0 Å². The molecule has 1 aromatic heterocycles. The summed E-state index contributed by atoms with van der Waals surface area (Å²) in [6.07, 6.45) is 4.94. The number of ether oxygens (including phenoxy) is 1. The lowest BCUT2D eigenvalue weighted by atomic mass is 10.0. The molecule has 0 aliphatic carbocycles. The van der Waals surface area contributed by atoms with E-state index >= 15 is 0 Å². The van der Waals surface area contributed by atoms with Crippen LogP contribution < -0.4 is 5.32 Å². The van der Waals surface area contributed by atoms with E-state index in [-0.39, 0.29) is 18.1 Å². The van der Waals surface area contributed by atoms with Gasteiger partial charge in [0.25, 0.3) is 0 Å². The van der Waals surface area contributed by atoms with Gasteiger partial charge in [-0.2, -0.15) is 4.98 Å². The van der Waals surface area contributed by atoms with Crippen LogP contribution in [0.2, 0.25) is 0 Å². The van der Waals surface area contributed by atoms with E-state index in [1.807, 2.05) is 0 Å². The van der Waals surface area contributed by atoms with E-state index in [1.165, 1.54) is 6.08 Å².